The van der Waals surface area contributed by atoms with Crippen molar-refractivity contribution in [2.75, 3.05) is 0 Å². The molecule has 3 nitrogen and oxygen atoms in total. The lowest BCUT2D eigenvalue weighted by atomic mass is 9.74. The number of aryl methyl sites for hydroxylation is 2. The summed E-state index contributed by atoms with van der Waals surface area (Å²) in [5.41, 5.74) is 10.5. The Kier molecular flexibility index (Phi) is 3.38. The zero-order valence-corrected chi connectivity index (χ0v) is 12.3. The second-order valence-electron chi connectivity index (χ2n) is 6.63. The third-order valence-electron chi connectivity index (χ3n) is 4.27. The Morgan fingerprint density at radius 1 is 1.35 bits per heavy atom. The van der Waals surface area contributed by atoms with E-state index in [2.05, 4.69) is 41.7 Å². The summed E-state index contributed by atoms with van der Waals surface area (Å²) in [6.07, 6.45) is 7.21. The summed E-state index contributed by atoms with van der Waals surface area (Å²) >= 11 is 0. The van der Waals surface area contributed by atoms with E-state index in [1.165, 1.54) is 11.3 Å². The van der Waals surface area contributed by atoms with Crippen LogP contribution in [0.5, 0.6) is 0 Å². The number of rotatable bonds is 3. The number of hydrogen-bond donors (Lipinski definition) is 1. The van der Waals surface area contributed by atoms with Crippen LogP contribution < -0.4 is 5.73 Å². The molecule has 3 heteroatoms. The first-order valence-electron chi connectivity index (χ1n) is 7.38. The van der Waals surface area contributed by atoms with Gasteiger partial charge in [-0.15, -0.1) is 0 Å². The molecular formula is C17H23N3. The fourth-order valence-corrected chi connectivity index (χ4v) is 3.28. The Morgan fingerprint density at radius 3 is 2.95 bits per heavy atom. The largest absolute Gasteiger partial charge is 0.351 e. The van der Waals surface area contributed by atoms with Crippen molar-refractivity contribution >= 4 is 0 Å². The van der Waals surface area contributed by atoms with Crippen LogP contribution in [0.1, 0.15) is 43.3 Å². The van der Waals surface area contributed by atoms with Crippen LogP contribution in [-0.2, 0) is 19.4 Å². The van der Waals surface area contributed by atoms with Gasteiger partial charge in [0.1, 0.15) is 0 Å². The second-order valence-corrected chi connectivity index (χ2v) is 6.63. The van der Waals surface area contributed by atoms with Gasteiger partial charge in [0.15, 0.2) is 0 Å². The highest BCUT2D eigenvalue weighted by Crippen LogP contribution is 2.39. The average molecular weight is 269 g/mol. The molecule has 0 saturated carbocycles. The molecule has 0 aliphatic heterocycles. The van der Waals surface area contributed by atoms with Crippen LogP contribution in [0.2, 0.25) is 0 Å². The van der Waals surface area contributed by atoms with Crippen LogP contribution in [0.4, 0.5) is 0 Å². The lowest BCUT2D eigenvalue weighted by molar-refractivity contribution is 0.275. The average Bonchev–Trinajstić information content (AvgIpc) is 2.79. The second kappa shape index (κ2) is 5.06. The Morgan fingerprint density at radius 2 is 2.20 bits per heavy atom. The van der Waals surface area contributed by atoms with E-state index in [-0.39, 0.29) is 6.04 Å². The zero-order valence-electron chi connectivity index (χ0n) is 12.3. The highest BCUT2D eigenvalue weighted by molar-refractivity contribution is 5.30. The van der Waals surface area contributed by atoms with E-state index >= 15 is 0 Å². The number of pyridine rings is 1. The van der Waals surface area contributed by atoms with Gasteiger partial charge in [0.2, 0.25) is 0 Å². The maximum atomic E-state index is 6.32. The van der Waals surface area contributed by atoms with Crippen molar-refractivity contribution in [3.63, 3.8) is 0 Å². The van der Waals surface area contributed by atoms with Crippen LogP contribution in [0.3, 0.4) is 0 Å². The monoisotopic (exact) mass is 269 g/mol. The molecule has 2 aromatic heterocycles. The third kappa shape index (κ3) is 2.63. The molecule has 0 radical (unpaired) electrons. The topological polar surface area (TPSA) is 43.8 Å². The molecule has 1 unspecified atom stereocenters. The van der Waals surface area contributed by atoms with Crippen molar-refractivity contribution in [1.82, 2.24) is 9.55 Å². The molecule has 0 fully saturated rings. The Balaban J connectivity index is 1.79. The van der Waals surface area contributed by atoms with Crippen molar-refractivity contribution in [3.8, 4) is 0 Å². The first-order chi connectivity index (χ1) is 9.55. The molecule has 106 valence electrons. The Hall–Kier alpha value is -1.61. The van der Waals surface area contributed by atoms with E-state index in [1.54, 1.807) is 0 Å². The molecule has 1 aliphatic rings. The Labute approximate surface area is 120 Å². The number of nitrogens with zero attached hydrogens (tertiary/aromatic N) is 2. The lowest BCUT2D eigenvalue weighted by Gasteiger charge is -2.34. The van der Waals surface area contributed by atoms with E-state index in [0.717, 1.165) is 31.5 Å². The standard InChI is InChI=1S/C17H23N3/c1-17(2)11-15(18)14-7-10-20(16(14)12-17)9-6-13-5-3-4-8-19-13/h3-5,7-8,10,15H,6,9,11-12,18H2,1-2H3. The minimum absolute atomic E-state index is 0.185. The number of fused-ring (bicyclic) bond motifs is 1. The van der Waals surface area contributed by atoms with Crippen molar-refractivity contribution < 1.29 is 0 Å². The van der Waals surface area contributed by atoms with E-state index in [0.29, 0.717) is 5.41 Å². The van der Waals surface area contributed by atoms with Crippen LogP contribution in [0.15, 0.2) is 36.7 Å². The van der Waals surface area contributed by atoms with Gasteiger partial charge in [0, 0.05) is 42.8 Å². The smallest absolute Gasteiger partial charge is 0.0421 e. The van der Waals surface area contributed by atoms with Gasteiger partial charge in [-0.1, -0.05) is 19.9 Å². The summed E-state index contributed by atoms with van der Waals surface area (Å²) in [5, 5.41) is 0. The van der Waals surface area contributed by atoms with Gasteiger partial charge in [-0.3, -0.25) is 4.98 Å². The van der Waals surface area contributed by atoms with Gasteiger partial charge in [-0.2, -0.15) is 0 Å². The van der Waals surface area contributed by atoms with Crippen LogP contribution in [0.25, 0.3) is 0 Å². The molecule has 0 bridgehead atoms. The van der Waals surface area contributed by atoms with Crippen molar-refractivity contribution in [3.05, 3.63) is 53.6 Å². The molecule has 1 atom stereocenters. The minimum Gasteiger partial charge on any atom is -0.351 e. The predicted molar refractivity (Wildman–Crippen MR) is 81.4 cm³/mol. The molecule has 2 aromatic rings. The predicted octanol–water partition coefficient (Wildman–Crippen LogP) is 3.10. The lowest BCUT2D eigenvalue weighted by Crippen LogP contribution is -2.30. The van der Waals surface area contributed by atoms with Crippen molar-refractivity contribution in [2.45, 2.75) is 45.7 Å². The van der Waals surface area contributed by atoms with Gasteiger partial charge in [-0.25, -0.2) is 0 Å². The Bertz CT molecular complexity index is 584. The van der Waals surface area contributed by atoms with Crippen molar-refractivity contribution in [2.24, 2.45) is 11.1 Å². The van der Waals surface area contributed by atoms with Gasteiger partial charge >= 0.3 is 0 Å². The minimum atomic E-state index is 0.185. The molecule has 0 spiro atoms. The highest BCUT2D eigenvalue weighted by atomic mass is 15.0. The maximum absolute atomic E-state index is 6.32. The van der Waals surface area contributed by atoms with Crippen LogP contribution in [-0.4, -0.2) is 9.55 Å². The molecule has 20 heavy (non-hydrogen) atoms. The zero-order chi connectivity index (χ0) is 14.2. The first kappa shape index (κ1) is 13.4. The maximum Gasteiger partial charge on any atom is 0.0421 e. The van der Waals surface area contributed by atoms with Gasteiger partial charge in [-0.05, 0) is 42.0 Å². The molecule has 0 aromatic carbocycles. The first-order valence-corrected chi connectivity index (χ1v) is 7.38. The summed E-state index contributed by atoms with van der Waals surface area (Å²) < 4.78 is 2.37. The molecular weight excluding hydrogens is 246 g/mol. The quantitative estimate of drug-likeness (QED) is 0.930. The molecule has 2 heterocycles. The molecule has 3 rings (SSSR count). The van der Waals surface area contributed by atoms with E-state index in [4.69, 9.17) is 5.73 Å². The normalized spacial score (nSPS) is 20.6. The fraction of sp³-hybridized carbons (Fsp3) is 0.471. The highest BCUT2D eigenvalue weighted by Gasteiger charge is 2.32. The summed E-state index contributed by atoms with van der Waals surface area (Å²) in [6, 6.07) is 8.48. The summed E-state index contributed by atoms with van der Waals surface area (Å²) in [4.78, 5) is 4.40. The fourth-order valence-electron chi connectivity index (χ4n) is 3.28. The van der Waals surface area contributed by atoms with Gasteiger partial charge in [0.25, 0.3) is 0 Å². The van der Waals surface area contributed by atoms with Gasteiger partial charge < -0.3 is 10.3 Å². The number of hydrogen-bond acceptors (Lipinski definition) is 2. The van der Waals surface area contributed by atoms with E-state index < -0.39 is 0 Å². The molecule has 2 N–H and O–H groups in total. The van der Waals surface area contributed by atoms with Gasteiger partial charge in [0.05, 0.1) is 0 Å². The molecule has 0 amide bonds. The van der Waals surface area contributed by atoms with E-state index in [1.807, 2.05) is 18.3 Å². The summed E-state index contributed by atoms with van der Waals surface area (Å²) in [5.74, 6) is 0. The van der Waals surface area contributed by atoms with E-state index in [9.17, 15) is 0 Å². The van der Waals surface area contributed by atoms with Crippen LogP contribution in [0, 0.1) is 5.41 Å². The molecule has 0 saturated heterocycles. The third-order valence-corrected chi connectivity index (χ3v) is 4.27. The van der Waals surface area contributed by atoms with Crippen molar-refractivity contribution in [1.29, 1.82) is 0 Å². The number of nitrogens with two attached hydrogens (primary N) is 1. The summed E-state index contributed by atoms with van der Waals surface area (Å²) in [6.45, 7) is 5.60. The van der Waals surface area contributed by atoms with Crippen LogP contribution >= 0.6 is 0 Å². The SMILES string of the molecule is CC1(C)Cc2c(ccn2CCc2ccccn2)C(N)C1. The molecule has 1 aliphatic carbocycles. The summed E-state index contributed by atoms with van der Waals surface area (Å²) in [7, 11) is 0. The number of aromatic nitrogens is 2.